The van der Waals surface area contributed by atoms with Crippen LogP contribution in [0, 0.1) is 11.8 Å². The van der Waals surface area contributed by atoms with Crippen molar-refractivity contribution in [2.24, 2.45) is 11.8 Å². The maximum atomic E-state index is 3.64. The molecule has 2 heteroatoms. The summed E-state index contributed by atoms with van der Waals surface area (Å²) in [7, 11) is 0. The van der Waals surface area contributed by atoms with Crippen LogP contribution in [-0.2, 0) is 6.42 Å². The van der Waals surface area contributed by atoms with Gasteiger partial charge in [0.05, 0.1) is 0 Å². The lowest BCUT2D eigenvalue weighted by molar-refractivity contribution is 0.410. The first-order chi connectivity index (χ1) is 7.65. The molecule has 0 fully saturated rings. The highest BCUT2D eigenvalue weighted by Crippen LogP contribution is 2.22. The van der Waals surface area contributed by atoms with Gasteiger partial charge in [-0.05, 0) is 42.4 Å². The van der Waals surface area contributed by atoms with E-state index in [9.17, 15) is 0 Å². The summed E-state index contributed by atoms with van der Waals surface area (Å²) < 4.78 is 1.16. The number of rotatable bonds is 6. The molecule has 0 aliphatic heterocycles. The molecule has 0 bridgehead atoms. The van der Waals surface area contributed by atoms with Crippen LogP contribution in [0.25, 0.3) is 0 Å². The minimum atomic E-state index is 0.760. The molecule has 0 aliphatic carbocycles. The molecule has 0 heterocycles. The summed E-state index contributed by atoms with van der Waals surface area (Å²) in [4.78, 5) is 0. The Bertz CT molecular complexity index is 292. The summed E-state index contributed by atoms with van der Waals surface area (Å²) in [6.07, 6.45) is 3.78. The summed E-state index contributed by atoms with van der Waals surface area (Å²) in [5.41, 5.74) is 1.44. The minimum absolute atomic E-state index is 0.760. The maximum Gasteiger partial charge on any atom is 0.0175 e. The van der Waals surface area contributed by atoms with Crippen LogP contribution in [0.5, 0.6) is 0 Å². The quantitative estimate of drug-likeness (QED) is 0.601. The first-order valence-electron chi connectivity index (χ1n) is 5.96. The molecule has 2 atom stereocenters. The molecular weight excluding hydrogens is 328 g/mol. The third kappa shape index (κ3) is 5.01. The Labute approximate surface area is 116 Å². The number of hydrogen-bond donors (Lipinski definition) is 0. The highest BCUT2D eigenvalue weighted by Gasteiger charge is 2.11. The first kappa shape index (κ1) is 14.2. The fourth-order valence-corrected chi connectivity index (χ4v) is 2.65. The van der Waals surface area contributed by atoms with Crippen LogP contribution in [-0.4, -0.2) is 5.33 Å². The largest absolute Gasteiger partial charge is 0.0925 e. The average Bonchev–Trinajstić information content (AvgIpc) is 2.30. The Balaban J connectivity index is 2.52. The summed E-state index contributed by atoms with van der Waals surface area (Å²) in [5, 5.41) is 1.10. The third-order valence-electron chi connectivity index (χ3n) is 3.09. The molecule has 0 radical (unpaired) electrons. The van der Waals surface area contributed by atoms with Crippen molar-refractivity contribution in [1.82, 2.24) is 0 Å². The molecule has 0 spiro atoms. The second-order valence-electron chi connectivity index (χ2n) is 4.60. The fraction of sp³-hybridized carbons (Fsp3) is 0.571. The van der Waals surface area contributed by atoms with E-state index in [1.165, 1.54) is 24.8 Å². The number of hydrogen-bond acceptors (Lipinski definition) is 0. The zero-order chi connectivity index (χ0) is 12.0. The van der Waals surface area contributed by atoms with Gasteiger partial charge in [0.2, 0.25) is 0 Å². The number of benzene rings is 1. The van der Waals surface area contributed by atoms with Crippen molar-refractivity contribution < 1.29 is 0 Å². The molecule has 0 saturated heterocycles. The van der Waals surface area contributed by atoms with Crippen LogP contribution < -0.4 is 0 Å². The van der Waals surface area contributed by atoms with Crippen molar-refractivity contribution in [3.63, 3.8) is 0 Å². The lowest BCUT2D eigenvalue weighted by atomic mass is 9.90. The maximum absolute atomic E-state index is 3.64. The molecular formula is C14H20Br2. The van der Waals surface area contributed by atoms with Crippen molar-refractivity contribution in [3.05, 3.63) is 34.3 Å². The smallest absolute Gasteiger partial charge is 0.0175 e. The summed E-state index contributed by atoms with van der Waals surface area (Å²) >= 11 is 7.11. The highest BCUT2D eigenvalue weighted by molar-refractivity contribution is 9.10. The second kappa shape index (κ2) is 7.50. The van der Waals surface area contributed by atoms with E-state index in [0.717, 1.165) is 21.6 Å². The molecule has 16 heavy (non-hydrogen) atoms. The number of alkyl halides is 1. The number of halogens is 2. The van der Waals surface area contributed by atoms with E-state index in [-0.39, 0.29) is 0 Å². The Morgan fingerprint density at radius 3 is 2.31 bits per heavy atom. The normalized spacial score (nSPS) is 14.8. The predicted molar refractivity (Wildman–Crippen MR) is 79.2 cm³/mol. The van der Waals surface area contributed by atoms with Gasteiger partial charge in [-0.2, -0.15) is 0 Å². The van der Waals surface area contributed by atoms with Gasteiger partial charge < -0.3 is 0 Å². The van der Waals surface area contributed by atoms with E-state index in [0.29, 0.717) is 0 Å². The van der Waals surface area contributed by atoms with Gasteiger partial charge in [0.1, 0.15) is 0 Å². The molecule has 90 valence electrons. The van der Waals surface area contributed by atoms with Gasteiger partial charge in [-0.15, -0.1) is 0 Å². The van der Waals surface area contributed by atoms with Crippen LogP contribution in [0.1, 0.15) is 32.3 Å². The summed E-state index contributed by atoms with van der Waals surface area (Å²) in [6.45, 7) is 4.62. The molecule has 0 aromatic heterocycles. The SMILES string of the molecule is CCC(C)CC(CBr)Cc1ccc(Br)cc1. The molecule has 0 nitrogen and oxygen atoms in total. The molecule has 2 unspecified atom stereocenters. The van der Waals surface area contributed by atoms with E-state index in [4.69, 9.17) is 0 Å². The van der Waals surface area contributed by atoms with Crippen LogP contribution >= 0.6 is 31.9 Å². The van der Waals surface area contributed by atoms with Gasteiger partial charge in [0.15, 0.2) is 0 Å². The van der Waals surface area contributed by atoms with Gasteiger partial charge in [-0.3, -0.25) is 0 Å². The molecule has 0 N–H and O–H groups in total. The third-order valence-corrected chi connectivity index (χ3v) is 4.53. The first-order valence-corrected chi connectivity index (χ1v) is 7.87. The van der Waals surface area contributed by atoms with Crippen LogP contribution in [0.4, 0.5) is 0 Å². The van der Waals surface area contributed by atoms with Gasteiger partial charge >= 0.3 is 0 Å². The molecule has 0 aliphatic rings. The van der Waals surface area contributed by atoms with E-state index >= 15 is 0 Å². The molecule has 0 amide bonds. The van der Waals surface area contributed by atoms with Crippen molar-refractivity contribution in [1.29, 1.82) is 0 Å². The van der Waals surface area contributed by atoms with Crippen molar-refractivity contribution in [2.45, 2.75) is 33.1 Å². The molecule has 0 saturated carbocycles. The monoisotopic (exact) mass is 346 g/mol. The summed E-state index contributed by atoms with van der Waals surface area (Å²) in [5.74, 6) is 1.59. The Kier molecular flexibility index (Phi) is 6.67. The van der Waals surface area contributed by atoms with E-state index in [2.05, 4.69) is 70.0 Å². The van der Waals surface area contributed by atoms with Crippen molar-refractivity contribution >= 4 is 31.9 Å². The van der Waals surface area contributed by atoms with E-state index in [1.807, 2.05) is 0 Å². The second-order valence-corrected chi connectivity index (χ2v) is 6.16. The van der Waals surface area contributed by atoms with Crippen molar-refractivity contribution in [2.75, 3.05) is 5.33 Å². The lowest BCUT2D eigenvalue weighted by Gasteiger charge is -2.18. The van der Waals surface area contributed by atoms with E-state index < -0.39 is 0 Å². The van der Waals surface area contributed by atoms with Gasteiger partial charge in [-0.25, -0.2) is 0 Å². The van der Waals surface area contributed by atoms with E-state index in [1.54, 1.807) is 0 Å². The van der Waals surface area contributed by atoms with Gasteiger partial charge in [0.25, 0.3) is 0 Å². The Morgan fingerprint density at radius 1 is 1.19 bits per heavy atom. The average molecular weight is 348 g/mol. The molecule has 1 rings (SSSR count). The van der Waals surface area contributed by atoms with Crippen LogP contribution in [0.2, 0.25) is 0 Å². The Morgan fingerprint density at radius 2 is 1.81 bits per heavy atom. The zero-order valence-corrected chi connectivity index (χ0v) is 13.2. The highest BCUT2D eigenvalue weighted by atomic mass is 79.9. The Hall–Kier alpha value is 0.180. The van der Waals surface area contributed by atoms with Gasteiger partial charge in [0, 0.05) is 9.80 Å². The standard InChI is InChI=1S/C14H20Br2/c1-3-11(2)8-13(10-15)9-12-4-6-14(16)7-5-12/h4-7,11,13H,3,8-10H2,1-2H3. The molecule has 1 aromatic rings. The fourth-order valence-electron chi connectivity index (χ4n) is 1.89. The van der Waals surface area contributed by atoms with Crippen LogP contribution in [0.3, 0.4) is 0 Å². The lowest BCUT2D eigenvalue weighted by Crippen LogP contribution is -2.10. The van der Waals surface area contributed by atoms with Crippen molar-refractivity contribution in [3.8, 4) is 0 Å². The minimum Gasteiger partial charge on any atom is -0.0925 e. The topological polar surface area (TPSA) is 0 Å². The van der Waals surface area contributed by atoms with Gasteiger partial charge in [-0.1, -0.05) is 64.3 Å². The predicted octanol–water partition coefficient (Wildman–Crippen LogP) is 5.44. The zero-order valence-electron chi connectivity index (χ0n) is 10.0. The summed E-state index contributed by atoms with van der Waals surface area (Å²) in [6, 6.07) is 8.69. The molecule has 1 aromatic carbocycles. The van der Waals surface area contributed by atoms with Crippen LogP contribution in [0.15, 0.2) is 28.7 Å².